The van der Waals surface area contributed by atoms with Crippen molar-refractivity contribution in [3.8, 4) is 11.8 Å². The van der Waals surface area contributed by atoms with Gasteiger partial charge in [-0.1, -0.05) is 76.3 Å². The van der Waals surface area contributed by atoms with Crippen LogP contribution in [0.15, 0.2) is 82.4 Å². The molecule has 26 nitrogen and oxygen atoms in total. The van der Waals surface area contributed by atoms with E-state index in [0.717, 1.165) is 19.2 Å². The van der Waals surface area contributed by atoms with Gasteiger partial charge in [0.15, 0.2) is 11.6 Å². The van der Waals surface area contributed by atoms with E-state index in [1.807, 2.05) is 13.8 Å². The van der Waals surface area contributed by atoms with Gasteiger partial charge in [-0.2, -0.15) is 26.3 Å². The van der Waals surface area contributed by atoms with E-state index in [-0.39, 0.29) is 99.1 Å². The summed E-state index contributed by atoms with van der Waals surface area (Å²) in [6.45, 7) is -5.05. The number of carbonyl (C=O) groups is 8. The first kappa shape index (κ1) is 72.7. The Kier molecular flexibility index (Phi) is 20.7. The monoisotopic (exact) mass is 1680 g/mol. The van der Waals surface area contributed by atoms with Crippen molar-refractivity contribution in [1.82, 2.24) is 38.8 Å². The topological polar surface area (TPSA) is 342 Å². The van der Waals surface area contributed by atoms with Crippen molar-refractivity contribution in [3.63, 3.8) is 0 Å². The molecule has 0 radical (unpaired) electrons. The highest BCUT2D eigenvalue weighted by Gasteiger charge is 2.65. The van der Waals surface area contributed by atoms with Crippen LogP contribution in [0.4, 0.5) is 26.3 Å². The van der Waals surface area contributed by atoms with Crippen molar-refractivity contribution in [2.75, 3.05) is 13.1 Å². The van der Waals surface area contributed by atoms with Gasteiger partial charge in [0.1, 0.15) is 12.2 Å². The first-order valence-corrected chi connectivity index (χ1v) is 42.0. The van der Waals surface area contributed by atoms with Gasteiger partial charge in [0.05, 0.1) is 91.7 Å². The van der Waals surface area contributed by atoms with Crippen LogP contribution < -0.4 is 30.0 Å². The molecule has 4 aliphatic heterocycles. The maximum atomic E-state index is 15.0. The number of esters is 2. The third kappa shape index (κ3) is 18.5. The number of ether oxygens (including phenoxy) is 4. The molecule has 4 saturated carbocycles. The zero-order chi connectivity index (χ0) is 95.2. The first-order chi connectivity index (χ1) is 59.0. The van der Waals surface area contributed by atoms with Crippen LogP contribution in [0.25, 0.3) is 21.5 Å². The number of ketones is 2. The van der Waals surface area contributed by atoms with Crippen LogP contribution in [-0.2, 0) is 81.0 Å². The maximum absolute atomic E-state index is 15.0. The predicted octanol–water partition coefficient (Wildman–Crippen LogP) is 11.3. The van der Waals surface area contributed by atoms with Gasteiger partial charge in [-0.3, -0.25) is 57.4 Å². The van der Waals surface area contributed by atoms with Crippen LogP contribution in [-0.4, -0.2) is 164 Å². The third-order valence-electron chi connectivity index (χ3n) is 24.5. The Morgan fingerprint density at radius 3 is 1.21 bits per heavy atom. The minimum Gasteiger partial charge on any atom is -0.471 e. The SMILES string of the molecule is [2H]C([2H])([2H])C(OC(=O)C[C@@H]1C(=O)N2C[C@H](Oc3nn(CC)c(=O)c4ccccc34)C[C@H]2C(=O)C[C@]2(C(=O)NS(=O)(=O)C3(C)CC3)C[C@H]2/C=C\CC[C@@H](C)C[C@H]1C)(C([2H])([2H])[2H])C(F)(F)F.[2H]C([2H])([2H])C(OC(=O)C[C@@H]1C(=O)N2C[C@H](Oc3nn(CC)c(=O)c4ccccc34)C[C@H]2C(=O)C[C@]2(C(=O)NS(=O)(=O)C3(C)CC3)C[C@H]2/C=C\CC[C@H](C)C[C@H]1C)(C([2H])([2H])[2H])C(F)(F)F. The number of nitrogens with zero attached hydrogens (tertiary/aromatic N) is 6. The molecule has 34 heteroatoms. The van der Waals surface area contributed by atoms with E-state index in [0.29, 0.717) is 62.1 Å². The van der Waals surface area contributed by atoms with E-state index in [2.05, 4.69) is 29.1 Å². The number of hydrogen-bond donors (Lipinski definition) is 2. The fourth-order valence-corrected chi connectivity index (χ4v) is 19.1. The molecule has 14 atom stereocenters. The van der Waals surface area contributed by atoms with Crippen molar-refractivity contribution in [2.45, 2.75) is 269 Å². The summed E-state index contributed by atoms with van der Waals surface area (Å²) in [5, 5.41) is 9.89. The molecule has 12 rings (SSSR count). The molecule has 636 valence electrons. The highest BCUT2D eigenvalue weighted by molar-refractivity contribution is 7.92. The second kappa shape index (κ2) is 33.0. The standard InChI is InChI=1S/2C41H53F3N4O9S/c2*1-7-48-36(52)29-15-11-10-14-28(29)34(45-48)56-27-19-31-32(49)22-40(37(53)46-58(54,55)39(6)16-17-39)21-26(40)13-9-8-12-24(2)18-25(3)30(35(51)47(31)23-27)20-33(50)57-38(4,5)41(42,43)44/h2*9-11,13-15,24-27,30-31H,7-8,12,16-23H2,1-6H3,(H,46,53)/b2*13-9-/t24-,25+,26+,27+,30-,31-,40+;24-,25-,26-,27-,30+,31+,40-/m01/s1/i2*4D3,5D3. The van der Waals surface area contributed by atoms with E-state index in [9.17, 15) is 81.5 Å². The average molecular weight is 1680 g/mol. The minimum atomic E-state index is -6.12. The summed E-state index contributed by atoms with van der Waals surface area (Å²) in [5.74, 6) is -15.3. The van der Waals surface area contributed by atoms with Crippen LogP contribution in [0.2, 0.25) is 0 Å². The highest BCUT2D eigenvalue weighted by Crippen LogP contribution is 2.59. The van der Waals surface area contributed by atoms with Gasteiger partial charge in [-0.15, -0.1) is 10.2 Å². The number of carbonyl (C=O) groups excluding carboxylic acids is 8. The summed E-state index contributed by atoms with van der Waals surface area (Å²) in [7, 11) is -8.27. The molecule has 8 aliphatic rings. The zero-order valence-electron chi connectivity index (χ0n) is 77.5. The molecule has 2 aromatic heterocycles. The number of alkyl halides is 6. The van der Waals surface area contributed by atoms with Crippen molar-refractivity contribution in [3.05, 3.63) is 93.5 Å². The van der Waals surface area contributed by atoms with Crippen LogP contribution in [0.1, 0.15) is 215 Å². The normalized spacial score (nSPS) is 31.7. The smallest absolute Gasteiger partial charge is 0.427 e. The number of amides is 4. The van der Waals surface area contributed by atoms with Gasteiger partial charge < -0.3 is 28.7 Å². The lowest BCUT2D eigenvalue weighted by molar-refractivity contribution is -0.257. The summed E-state index contributed by atoms with van der Waals surface area (Å²) >= 11 is 0. The van der Waals surface area contributed by atoms with Crippen LogP contribution in [0, 0.1) is 58.2 Å². The Morgan fingerprint density at radius 1 is 0.543 bits per heavy atom. The van der Waals surface area contributed by atoms with Crippen LogP contribution in [0.3, 0.4) is 0 Å². The van der Waals surface area contributed by atoms with Gasteiger partial charge in [0.2, 0.25) is 66.6 Å². The Bertz CT molecular complexity index is 5030. The van der Waals surface area contributed by atoms with Gasteiger partial charge >= 0.3 is 24.3 Å². The number of allylic oxidation sites excluding steroid dienone is 4. The molecule has 2 N–H and O–H groups in total. The molecule has 6 fully saturated rings. The molecule has 6 heterocycles. The number of Topliss-reactive ketones (excluding diaryl/α,β-unsaturated/α-hetero) is 2. The number of aryl methyl sites for hydroxylation is 2. The number of aromatic nitrogens is 4. The molecule has 0 bridgehead atoms. The number of benzene rings is 2. The molecular weight excluding hydrogens is 1560 g/mol. The summed E-state index contributed by atoms with van der Waals surface area (Å²) in [5.41, 5.74) is -13.8. The van der Waals surface area contributed by atoms with Crippen LogP contribution >= 0.6 is 0 Å². The van der Waals surface area contributed by atoms with Gasteiger partial charge in [-0.25, -0.2) is 26.2 Å². The summed E-state index contributed by atoms with van der Waals surface area (Å²) in [4.78, 5) is 143. The number of sulfonamides is 2. The summed E-state index contributed by atoms with van der Waals surface area (Å²) in [6, 6.07) is 10.0. The fraction of sp³-hybridized carbons (Fsp3) is 0.659. The Labute approximate surface area is 687 Å². The van der Waals surface area contributed by atoms with E-state index >= 15 is 9.59 Å². The molecule has 4 aromatic rings. The van der Waals surface area contributed by atoms with Crippen molar-refractivity contribution < 1.29 is 117 Å². The van der Waals surface area contributed by atoms with Crippen molar-refractivity contribution in [2.24, 2.45) is 58.2 Å². The molecule has 2 aromatic carbocycles. The number of hydrogen-bond acceptors (Lipinski definition) is 20. The molecule has 0 unspecified atom stereocenters. The lowest BCUT2D eigenvalue weighted by atomic mass is 9.82. The van der Waals surface area contributed by atoms with E-state index in [4.69, 9.17) is 25.9 Å². The Morgan fingerprint density at radius 2 is 0.888 bits per heavy atom. The molecular formula is C82H106F6N8O18S2. The largest absolute Gasteiger partial charge is 0.471 e. The second-order valence-corrected chi connectivity index (χ2v) is 37.9. The zero-order valence-corrected chi connectivity index (χ0v) is 67.2. The van der Waals surface area contributed by atoms with Gasteiger partial charge in [0.25, 0.3) is 11.1 Å². The Hall–Kier alpha value is -8.56. The third-order valence-corrected chi connectivity index (χ3v) is 28.8. The maximum Gasteiger partial charge on any atom is 0.427 e. The molecule has 4 aliphatic carbocycles. The van der Waals surface area contributed by atoms with Crippen LogP contribution in [0.5, 0.6) is 11.8 Å². The van der Waals surface area contributed by atoms with Crippen molar-refractivity contribution >= 4 is 88.7 Å². The number of fused-ring (bicyclic) bond motifs is 6. The first-order valence-electron chi connectivity index (χ1n) is 45.1. The van der Waals surface area contributed by atoms with Crippen molar-refractivity contribution in [1.29, 1.82) is 0 Å². The van der Waals surface area contributed by atoms with Gasteiger partial charge in [0, 0.05) is 55.2 Å². The van der Waals surface area contributed by atoms with Gasteiger partial charge in [-0.05, 0) is 192 Å². The molecule has 2 saturated heterocycles. The minimum absolute atomic E-state index is 0.0214. The van der Waals surface area contributed by atoms with E-state index in [1.54, 1.807) is 101 Å². The van der Waals surface area contributed by atoms with E-state index < -0.39 is 235 Å². The highest BCUT2D eigenvalue weighted by atomic mass is 32.2. The predicted molar refractivity (Wildman–Crippen MR) is 413 cm³/mol. The Balaban J connectivity index is 0.000000248. The summed E-state index contributed by atoms with van der Waals surface area (Å²) < 4.78 is 258. The average Bonchev–Trinajstić information content (AvgIpc) is 1.69. The lowest BCUT2D eigenvalue weighted by Crippen LogP contribution is -2.48. The lowest BCUT2D eigenvalue weighted by Gasteiger charge is -2.33. The molecule has 0 spiro atoms. The number of halogens is 6. The molecule has 4 amide bonds. The number of rotatable bonds is 18. The van der Waals surface area contributed by atoms with E-state index in [1.165, 1.54) is 13.8 Å². The quantitative estimate of drug-likeness (QED) is 0.0531. The second-order valence-electron chi connectivity index (χ2n) is 33.5. The molecule has 116 heavy (non-hydrogen) atoms. The number of nitrogens with one attached hydrogen (secondary N) is 2. The summed E-state index contributed by atoms with van der Waals surface area (Å²) in [6.07, 6.45) is -7.36. The fourth-order valence-electron chi connectivity index (χ4n) is 16.4.